The highest BCUT2D eigenvalue weighted by Gasteiger charge is 2.05. The molecule has 0 aliphatic rings. The van der Waals surface area contributed by atoms with Gasteiger partial charge in [0.15, 0.2) is 0 Å². The third kappa shape index (κ3) is 3.81. The zero-order chi connectivity index (χ0) is 11.8. The normalized spacial score (nSPS) is 9.62. The lowest BCUT2D eigenvalue weighted by Gasteiger charge is -2.11. The highest BCUT2D eigenvalue weighted by atomic mass is 16.5. The van der Waals surface area contributed by atoms with Gasteiger partial charge in [-0.2, -0.15) is 0 Å². The second-order valence-electron chi connectivity index (χ2n) is 3.31. The van der Waals surface area contributed by atoms with Crippen molar-refractivity contribution in [2.24, 2.45) is 0 Å². The minimum absolute atomic E-state index is 0.200. The maximum Gasteiger partial charge on any atom is 0.319 e. The van der Waals surface area contributed by atoms with Gasteiger partial charge >= 0.3 is 6.03 Å². The van der Waals surface area contributed by atoms with E-state index in [-0.39, 0.29) is 6.03 Å². The minimum atomic E-state index is -0.200. The smallest absolute Gasteiger partial charge is 0.319 e. The summed E-state index contributed by atoms with van der Waals surface area (Å²) in [5, 5.41) is 5.50. The average Bonchev–Trinajstić information content (AvgIpc) is 2.29. The molecule has 0 radical (unpaired) electrons. The third-order valence-electron chi connectivity index (χ3n) is 1.97. The number of carbonyl (C=O) groups excluding carboxylic acids is 1. The van der Waals surface area contributed by atoms with Crippen LogP contribution in [0.2, 0.25) is 0 Å². The highest BCUT2D eigenvalue weighted by molar-refractivity contribution is 5.90. The lowest BCUT2D eigenvalue weighted by atomic mass is 10.3. The van der Waals surface area contributed by atoms with Gasteiger partial charge in [-0.25, -0.2) is 4.79 Å². The Balaban J connectivity index is 2.61. The van der Waals surface area contributed by atoms with Crippen molar-refractivity contribution >= 4 is 11.7 Å². The fourth-order valence-corrected chi connectivity index (χ4v) is 1.26. The maximum atomic E-state index is 11.5. The Bertz CT molecular complexity index is 340. The number of anilines is 1. The van der Waals surface area contributed by atoms with Crippen molar-refractivity contribution in [3.63, 3.8) is 0 Å². The van der Waals surface area contributed by atoms with Crippen molar-refractivity contribution in [1.29, 1.82) is 0 Å². The zero-order valence-electron chi connectivity index (χ0n) is 9.75. The summed E-state index contributed by atoms with van der Waals surface area (Å²) in [6.07, 6.45) is 0.917. The van der Waals surface area contributed by atoms with Crippen molar-refractivity contribution in [2.75, 3.05) is 18.5 Å². The van der Waals surface area contributed by atoms with Crippen molar-refractivity contribution in [2.45, 2.75) is 20.3 Å². The van der Waals surface area contributed by atoms with Crippen molar-refractivity contribution in [3.8, 4) is 5.75 Å². The number of para-hydroxylation sites is 2. The summed E-state index contributed by atoms with van der Waals surface area (Å²) >= 11 is 0. The monoisotopic (exact) mass is 222 g/mol. The molecule has 4 nitrogen and oxygen atoms in total. The Morgan fingerprint density at radius 2 is 2.06 bits per heavy atom. The van der Waals surface area contributed by atoms with Crippen LogP contribution in [0.15, 0.2) is 24.3 Å². The molecule has 0 heterocycles. The Hall–Kier alpha value is -1.71. The largest absolute Gasteiger partial charge is 0.492 e. The number of rotatable bonds is 5. The standard InChI is InChI=1S/C12H18N2O2/c1-3-9-13-12(15)14-10-7-5-6-8-11(10)16-4-2/h5-8H,3-4,9H2,1-2H3,(H2,13,14,15). The molecule has 0 fully saturated rings. The van der Waals surface area contributed by atoms with E-state index < -0.39 is 0 Å². The number of urea groups is 1. The van der Waals surface area contributed by atoms with Crippen LogP contribution in [0.3, 0.4) is 0 Å². The topological polar surface area (TPSA) is 50.4 Å². The number of ether oxygens (including phenoxy) is 1. The molecule has 0 aliphatic heterocycles. The quantitative estimate of drug-likeness (QED) is 0.804. The molecule has 0 atom stereocenters. The van der Waals surface area contributed by atoms with Gasteiger partial charge in [0, 0.05) is 6.54 Å². The molecule has 0 saturated heterocycles. The van der Waals surface area contributed by atoms with Crippen molar-refractivity contribution in [1.82, 2.24) is 5.32 Å². The fourth-order valence-electron chi connectivity index (χ4n) is 1.26. The lowest BCUT2D eigenvalue weighted by molar-refractivity contribution is 0.252. The number of carbonyl (C=O) groups is 1. The summed E-state index contributed by atoms with van der Waals surface area (Å²) < 4.78 is 5.40. The van der Waals surface area contributed by atoms with Crippen molar-refractivity contribution < 1.29 is 9.53 Å². The van der Waals surface area contributed by atoms with E-state index in [1.54, 1.807) is 0 Å². The molecule has 1 aromatic rings. The molecular formula is C12H18N2O2. The second kappa shape index (κ2) is 6.71. The summed E-state index contributed by atoms with van der Waals surface area (Å²) in [7, 11) is 0. The molecule has 0 aromatic heterocycles. The fraction of sp³-hybridized carbons (Fsp3) is 0.417. The first-order valence-electron chi connectivity index (χ1n) is 5.54. The Morgan fingerprint density at radius 3 is 2.75 bits per heavy atom. The Labute approximate surface area is 96.0 Å². The molecule has 0 bridgehead atoms. The van der Waals surface area contributed by atoms with Crippen LogP contribution < -0.4 is 15.4 Å². The van der Waals surface area contributed by atoms with Crippen LogP contribution in [-0.2, 0) is 0 Å². The van der Waals surface area contributed by atoms with Crippen LogP contribution in [0.5, 0.6) is 5.75 Å². The van der Waals surface area contributed by atoms with Gasteiger partial charge in [-0.1, -0.05) is 19.1 Å². The predicted molar refractivity (Wildman–Crippen MR) is 64.9 cm³/mol. The van der Waals surface area contributed by atoms with Crippen LogP contribution in [-0.4, -0.2) is 19.2 Å². The zero-order valence-corrected chi connectivity index (χ0v) is 9.75. The first kappa shape index (κ1) is 12.4. The number of nitrogens with one attached hydrogen (secondary N) is 2. The molecule has 0 unspecified atom stereocenters. The van der Waals surface area contributed by atoms with Crippen LogP contribution in [0.1, 0.15) is 20.3 Å². The second-order valence-corrected chi connectivity index (χ2v) is 3.31. The molecule has 2 N–H and O–H groups in total. The van der Waals surface area contributed by atoms with Gasteiger partial charge in [-0.3, -0.25) is 0 Å². The first-order chi connectivity index (χ1) is 7.77. The summed E-state index contributed by atoms with van der Waals surface area (Å²) in [5.41, 5.74) is 0.693. The molecule has 16 heavy (non-hydrogen) atoms. The summed E-state index contributed by atoms with van der Waals surface area (Å²) in [6, 6.07) is 7.18. The molecular weight excluding hydrogens is 204 g/mol. The number of hydrogen-bond donors (Lipinski definition) is 2. The Morgan fingerprint density at radius 1 is 1.31 bits per heavy atom. The van der Waals surface area contributed by atoms with Gasteiger partial charge in [0.1, 0.15) is 5.75 Å². The van der Waals surface area contributed by atoms with Gasteiger partial charge < -0.3 is 15.4 Å². The van der Waals surface area contributed by atoms with E-state index >= 15 is 0 Å². The van der Waals surface area contributed by atoms with Crippen LogP contribution >= 0.6 is 0 Å². The molecule has 0 saturated carbocycles. The minimum Gasteiger partial charge on any atom is -0.492 e. The third-order valence-corrected chi connectivity index (χ3v) is 1.97. The van der Waals surface area contributed by atoms with Gasteiger partial charge in [0.2, 0.25) is 0 Å². The van der Waals surface area contributed by atoms with E-state index in [0.29, 0.717) is 24.6 Å². The van der Waals surface area contributed by atoms with Crippen molar-refractivity contribution in [3.05, 3.63) is 24.3 Å². The van der Waals surface area contributed by atoms with Gasteiger partial charge in [-0.05, 0) is 25.5 Å². The molecule has 1 rings (SSSR count). The highest BCUT2D eigenvalue weighted by Crippen LogP contribution is 2.23. The molecule has 2 amide bonds. The number of hydrogen-bond acceptors (Lipinski definition) is 2. The molecule has 88 valence electrons. The van der Waals surface area contributed by atoms with E-state index in [9.17, 15) is 4.79 Å². The van der Waals surface area contributed by atoms with E-state index in [2.05, 4.69) is 10.6 Å². The van der Waals surface area contributed by atoms with Crippen LogP contribution in [0.25, 0.3) is 0 Å². The molecule has 4 heteroatoms. The van der Waals surface area contributed by atoms with Gasteiger partial charge in [0.05, 0.1) is 12.3 Å². The van der Waals surface area contributed by atoms with E-state index in [4.69, 9.17) is 4.74 Å². The average molecular weight is 222 g/mol. The van der Waals surface area contributed by atoms with E-state index in [1.165, 1.54) is 0 Å². The first-order valence-corrected chi connectivity index (χ1v) is 5.54. The molecule has 0 spiro atoms. The number of benzene rings is 1. The summed E-state index contributed by atoms with van der Waals surface area (Å²) in [6.45, 7) is 5.17. The van der Waals surface area contributed by atoms with E-state index in [0.717, 1.165) is 6.42 Å². The van der Waals surface area contributed by atoms with Gasteiger partial charge in [-0.15, -0.1) is 0 Å². The lowest BCUT2D eigenvalue weighted by Crippen LogP contribution is -2.29. The molecule has 0 aliphatic carbocycles. The van der Waals surface area contributed by atoms with E-state index in [1.807, 2.05) is 38.1 Å². The Kier molecular flexibility index (Phi) is 5.19. The summed E-state index contributed by atoms with van der Waals surface area (Å²) in [4.78, 5) is 11.5. The predicted octanol–water partition coefficient (Wildman–Crippen LogP) is 2.62. The van der Waals surface area contributed by atoms with Gasteiger partial charge in [0.25, 0.3) is 0 Å². The number of amides is 2. The van der Waals surface area contributed by atoms with Crippen LogP contribution in [0.4, 0.5) is 10.5 Å². The summed E-state index contributed by atoms with van der Waals surface area (Å²) in [5.74, 6) is 0.691. The van der Waals surface area contributed by atoms with Crippen LogP contribution in [0, 0.1) is 0 Å². The maximum absolute atomic E-state index is 11.5. The molecule has 1 aromatic carbocycles. The SMILES string of the molecule is CCCNC(=O)Nc1ccccc1OCC.